The molecule has 0 saturated carbocycles. The van der Waals surface area contributed by atoms with Gasteiger partial charge in [0.05, 0.1) is 11.0 Å². The summed E-state index contributed by atoms with van der Waals surface area (Å²) in [5, 5.41) is 12.2. The molecule has 0 unspecified atom stereocenters. The fourth-order valence-corrected chi connectivity index (χ4v) is 2.42. The normalized spacial score (nSPS) is 11.1. The van der Waals surface area contributed by atoms with Crippen molar-refractivity contribution in [2.75, 3.05) is 11.9 Å². The average molecular weight is 309 g/mol. The highest BCUT2D eigenvalue weighted by molar-refractivity contribution is 5.99. The second kappa shape index (κ2) is 6.22. The number of H-pyrrole nitrogens is 1. The van der Waals surface area contributed by atoms with Gasteiger partial charge < -0.3 is 15.4 Å². The Balaban J connectivity index is 1.84. The number of aliphatic hydroxyl groups is 1. The maximum atomic E-state index is 11.5. The summed E-state index contributed by atoms with van der Waals surface area (Å²) in [5.74, 6) is 0.809. The first-order valence-electron chi connectivity index (χ1n) is 7.57. The van der Waals surface area contributed by atoms with Crippen LogP contribution in [0, 0.1) is 0 Å². The molecule has 0 spiro atoms. The molecule has 23 heavy (non-hydrogen) atoms. The van der Waals surface area contributed by atoms with Gasteiger partial charge >= 0.3 is 0 Å². The highest BCUT2D eigenvalue weighted by Crippen LogP contribution is 2.22. The molecule has 5 heteroatoms. The van der Waals surface area contributed by atoms with Crippen LogP contribution in [0.3, 0.4) is 0 Å². The van der Waals surface area contributed by atoms with Crippen LogP contribution in [0.5, 0.6) is 0 Å². The minimum absolute atomic E-state index is 0.305. The first-order chi connectivity index (χ1) is 11.1. The molecule has 3 N–H and O–H groups in total. The third-order valence-electron chi connectivity index (χ3n) is 3.79. The quantitative estimate of drug-likeness (QED) is 0.629. The Morgan fingerprint density at radius 1 is 1.22 bits per heavy atom. The van der Waals surface area contributed by atoms with Gasteiger partial charge in [-0.3, -0.25) is 4.79 Å². The Morgan fingerprint density at radius 2 is 1.96 bits per heavy atom. The van der Waals surface area contributed by atoms with Crippen molar-refractivity contribution in [2.24, 2.45) is 0 Å². The number of nitrogens with zero attached hydrogens (tertiary/aromatic N) is 1. The Hall–Kier alpha value is -2.66. The van der Waals surface area contributed by atoms with Crippen molar-refractivity contribution >= 4 is 28.5 Å². The van der Waals surface area contributed by atoms with Gasteiger partial charge in [0.1, 0.15) is 6.61 Å². The number of imidazole rings is 1. The SMILES string of the molecule is CC(C)c1ccc(Nc2nc3ccc(C(=O)CO)cc3[nH]2)cc1. The van der Waals surface area contributed by atoms with E-state index in [1.54, 1.807) is 18.2 Å². The van der Waals surface area contributed by atoms with Crippen molar-refractivity contribution in [3.8, 4) is 0 Å². The molecule has 0 atom stereocenters. The van der Waals surface area contributed by atoms with E-state index in [9.17, 15) is 4.79 Å². The van der Waals surface area contributed by atoms with E-state index in [4.69, 9.17) is 5.11 Å². The number of Topliss-reactive ketones (excluding diaryl/α,β-unsaturated/α-hetero) is 1. The van der Waals surface area contributed by atoms with Gasteiger partial charge in [-0.1, -0.05) is 26.0 Å². The van der Waals surface area contributed by atoms with E-state index < -0.39 is 6.61 Å². The number of aliphatic hydroxyl groups excluding tert-OH is 1. The van der Waals surface area contributed by atoms with Crippen LogP contribution < -0.4 is 5.32 Å². The van der Waals surface area contributed by atoms with Gasteiger partial charge in [0.25, 0.3) is 0 Å². The van der Waals surface area contributed by atoms with Gasteiger partial charge in [0.2, 0.25) is 5.95 Å². The van der Waals surface area contributed by atoms with Gasteiger partial charge in [0.15, 0.2) is 5.78 Å². The van der Waals surface area contributed by atoms with Crippen LogP contribution in [0.2, 0.25) is 0 Å². The molecular weight excluding hydrogens is 290 g/mol. The Labute approximate surface area is 134 Å². The Kier molecular flexibility index (Phi) is 4.12. The number of anilines is 2. The number of carbonyl (C=O) groups excluding carboxylic acids is 1. The van der Waals surface area contributed by atoms with Crippen molar-refractivity contribution in [3.05, 3.63) is 53.6 Å². The maximum Gasteiger partial charge on any atom is 0.205 e. The number of nitrogens with one attached hydrogen (secondary N) is 2. The van der Waals surface area contributed by atoms with E-state index in [0.717, 1.165) is 16.7 Å². The summed E-state index contributed by atoms with van der Waals surface area (Å²) in [5.41, 5.74) is 4.22. The monoisotopic (exact) mass is 309 g/mol. The number of benzene rings is 2. The van der Waals surface area contributed by atoms with E-state index in [0.29, 0.717) is 17.4 Å². The highest BCUT2D eigenvalue weighted by Gasteiger charge is 2.08. The fourth-order valence-electron chi connectivity index (χ4n) is 2.42. The van der Waals surface area contributed by atoms with Crippen LogP contribution in [-0.2, 0) is 0 Å². The predicted molar refractivity (Wildman–Crippen MR) is 91.3 cm³/mol. The molecule has 5 nitrogen and oxygen atoms in total. The standard InChI is InChI=1S/C18H19N3O2/c1-11(2)12-3-6-14(7-4-12)19-18-20-15-8-5-13(17(23)10-22)9-16(15)21-18/h3-9,11,22H,10H2,1-2H3,(H2,19,20,21). The number of carbonyl (C=O) groups is 1. The lowest BCUT2D eigenvalue weighted by Crippen LogP contribution is -2.03. The largest absolute Gasteiger partial charge is 0.388 e. The molecule has 1 aromatic heterocycles. The summed E-state index contributed by atoms with van der Waals surface area (Å²) >= 11 is 0. The summed E-state index contributed by atoms with van der Waals surface area (Å²) < 4.78 is 0. The molecular formula is C18H19N3O2. The fraction of sp³-hybridized carbons (Fsp3) is 0.222. The molecule has 2 aromatic carbocycles. The topological polar surface area (TPSA) is 78.0 Å². The highest BCUT2D eigenvalue weighted by atomic mass is 16.3. The molecule has 0 aliphatic carbocycles. The molecule has 3 aromatic rings. The third kappa shape index (κ3) is 3.24. The Bertz CT molecular complexity index is 835. The van der Waals surface area contributed by atoms with Crippen LogP contribution in [0.4, 0.5) is 11.6 Å². The second-order valence-corrected chi connectivity index (χ2v) is 5.80. The lowest BCUT2D eigenvalue weighted by atomic mass is 10.0. The van der Waals surface area contributed by atoms with E-state index >= 15 is 0 Å². The van der Waals surface area contributed by atoms with Crippen LogP contribution in [0.1, 0.15) is 35.7 Å². The maximum absolute atomic E-state index is 11.5. The van der Waals surface area contributed by atoms with E-state index in [2.05, 4.69) is 41.3 Å². The molecule has 0 fully saturated rings. The zero-order chi connectivity index (χ0) is 16.4. The zero-order valence-corrected chi connectivity index (χ0v) is 13.1. The molecule has 0 aliphatic rings. The van der Waals surface area contributed by atoms with E-state index in [1.807, 2.05) is 12.1 Å². The molecule has 0 radical (unpaired) electrons. The first kappa shape index (κ1) is 15.2. The van der Waals surface area contributed by atoms with Crippen LogP contribution in [0.15, 0.2) is 42.5 Å². The molecule has 0 aliphatic heterocycles. The van der Waals surface area contributed by atoms with E-state index in [-0.39, 0.29) is 5.78 Å². The summed E-state index contributed by atoms with van der Waals surface area (Å²) in [6.45, 7) is 3.83. The van der Waals surface area contributed by atoms with E-state index in [1.165, 1.54) is 5.56 Å². The number of aromatic amines is 1. The molecule has 0 amide bonds. The number of ketones is 1. The van der Waals surface area contributed by atoms with Crippen molar-refractivity contribution in [1.82, 2.24) is 9.97 Å². The van der Waals surface area contributed by atoms with Crippen LogP contribution in [0.25, 0.3) is 11.0 Å². The smallest absolute Gasteiger partial charge is 0.205 e. The number of fused-ring (bicyclic) bond motifs is 1. The number of hydrogen-bond donors (Lipinski definition) is 3. The van der Waals surface area contributed by atoms with Crippen LogP contribution in [-0.4, -0.2) is 27.5 Å². The molecule has 0 saturated heterocycles. The summed E-state index contributed by atoms with van der Waals surface area (Å²) in [4.78, 5) is 19.1. The average Bonchev–Trinajstić information content (AvgIpc) is 2.95. The number of aromatic nitrogens is 2. The first-order valence-corrected chi connectivity index (χ1v) is 7.57. The number of rotatable bonds is 5. The van der Waals surface area contributed by atoms with Gasteiger partial charge in [-0.25, -0.2) is 4.98 Å². The zero-order valence-electron chi connectivity index (χ0n) is 13.1. The minimum Gasteiger partial charge on any atom is -0.388 e. The van der Waals surface area contributed by atoms with Gasteiger partial charge in [-0.05, 0) is 41.8 Å². The Morgan fingerprint density at radius 3 is 2.61 bits per heavy atom. The van der Waals surface area contributed by atoms with Crippen molar-refractivity contribution in [2.45, 2.75) is 19.8 Å². The molecule has 3 rings (SSSR count). The van der Waals surface area contributed by atoms with Gasteiger partial charge in [0, 0.05) is 11.3 Å². The molecule has 0 bridgehead atoms. The molecule has 1 heterocycles. The molecule has 118 valence electrons. The predicted octanol–water partition coefficient (Wildman–Crippen LogP) is 3.60. The van der Waals surface area contributed by atoms with Gasteiger partial charge in [-0.15, -0.1) is 0 Å². The van der Waals surface area contributed by atoms with Crippen LogP contribution >= 0.6 is 0 Å². The lowest BCUT2D eigenvalue weighted by molar-refractivity contribution is 0.0904. The summed E-state index contributed by atoms with van der Waals surface area (Å²) in [7, 11) is 0. The van der Waals surface area contributed by atoms with Gasteiger partial charge in [-0.2, -0.15) is 0 Å². The summed E-state index contributed by atoms with van der Waals surface area (Å²) in [6, 6.07) is 13.4. The third-order valence-corrected chi connectivity index (χ3v) is 3.79. The summed E-state index contributed by atoms with van der Waals surface area (Å²) in [6.07, 6.45) is 0. The second-order valence-electron chi connectivity index (χ2n) is 5.80. The number of hydrogen-bond acceptors (Lipinski definition) is 4. The van der Waals surface area contributed by atoms with Crippen molar-refractivity contribution in [3.63, 3.8) is 0 Å². The minimum atomic E-state index is -0.493. The van der Waals surface area contributed by atoms with Crippen molar-refractivity contribution < 1.29 is 9.90 Å². The van der Waals surface area contributed by atoms with Crippen molar-refractivity contribution in [1.29, 1.82) is 0 Å². The lowest BCUT2D eigenvalue weighted by Gasteiger charge is -2.07.